The van der Waals surface area contributed by atoms with Gasteiger partial charge in [-0.05, 0) is 18.4 Å². The molecule has 104 valence electrons. The Morgan fingerprint density at radius 1 is 1.11 bits per heavy atom. The molecule has 19 heavy (non-hydrogen) atoms. The summed E-state index contributed by atoms with van der Waals surface area (Å²) in [6.45, 7) is 6.19. The molecule has 1 heteroatoms. The zero-order valence-corrected chi connectivity index (χ0v) is 12.2. The zero-order valence-electron chi connectivity index (χ0n) is 12.2. The number of unbranched alkanes of at least 4 members (excludes halogenated alkanes) is 4. The minimum Gasteiger partial charge on any atom is -0.491 e. The Kier molecular flexibility index (Phi) is 5.07. The van der Waals surface area contributed by atoms with Crippen molar-refractivity contribution in [2.75, 3.05) is 0 Å². The summed E-state index contributed by atoms with van der Waals surface area (Å²) in [5.41, 5.74) is 1.42. The van der Waals surface area contributed by atoms with E-state index in [0.717, 1.165) is 18.6 Å². The van der Waals surface area contributed by atoms with Crippen LogP contribution in [-0.2, 0) is 11.2 Å². The molecule has 0 N–H and O–H groups in total. The fraction of sp³-hybridized carbons (Fsp3) is 0.556. The molecule has 0 amide bonds. The van der Waals surface area contributed by atoms with Crippen LogP contribution in [0.2, 0.25) is 0 Å². The summed E-state index contributed by atoms with van der Waals surface area (Å²) in [6.07, 6.45) is 9.88. The number of rotatable bonds is 8. The minimum absolute atomic E-state index is 0.0463. The van der Waals surface area contributed by atoms with Gasteiger partial charge in [-0.3, -0.25) is 0 Å². The maximum Gasteiger partial charge on any atom is 0.120 e. The van der Waals surface area contributed by atoms with Crippen molar-refractivity contribution in [3.8, 4) is 0 Å². The molecule has 1 aliphatic heterocycles. The van der Waals surface area contributed by atoms with Gasteiger partial charge < -0.3 is 4.74 Å². The van der Waals surface area contributed by atoms with Crippen molar-refractivity contribution in [3.63, 3.8) is 0 Å². The van der Waals surface area contributed by atoms with Crippen LogP contribution in [0.3, 0.4) is 0 Å². The van der Waals surface area contributed by atoms with E-state index < -0.39 is 0 Å². The molecule has 0 radical (unpaired) electrons. The Balaban J connectivity index is 1.82. The van der Waals surface area contributed by atoms with Gasteiger partial charge >= 0.3 is 0 Å². The summed E-state index contributed by atoms with van der Waals surface area (Å²) in [5.74, 6) is 0.962. The lowest BCUT2D eigenvalue weighted by atomic mass is 9.81. The van der Waals surface area contributed by atoms with E-state index in [1.165, 1.54) is 44.1 Å². The van der Waals surface area contributed by atoms with Crippen LogP contribution in [-0.4, -0.2) is 5.60 Å². The molecular formula is C18H26O. The first-order valence-corrected chi connectivity index (χ1v) is 7.65. The van der Waals surface area contributed by atoms with Crippen LogP contribution in [0.25, 0.3) is 0 Å². The first-order chi connectivity index (χ1) is 9.24. The van der Waals surface area contributed by atoms with Crippen LogP contribution in [0.15, 0.2) is 42.7 Å². The Bertz CT molecular complexity index is 385. The lowest BCUT2D eigenvalue weighted by Gasteiger charge is -2.44. The quantitative estimate of drug-likeness (QED) is 0.578. The highest BCUT2D eigenvalue weighted by Crippen LogP contribution is 2.41. The predicted octanol–water partition coefficient (Wildman–Crippen LogP) is 5.26. The maximum absolute atomic E-state index is 5.94. The van der Waals surface area contributed by atoms with Crippen LogP contribution >= 0.6 is 0 Å². The Morgan fingerprint density at radius 3 is 2.42 bits per heavy atom. The van der Waals surface area contributed by atoms with Crippen molar-refractivity contribution in [2.45, 2.75) is 63.9 Å². The van der Waals surface area contributed by atoms with Crippen molar-refractivity contribution in [1.29, 1.82) is 0 Å². The fourth-order valence-electron chi connectivity index (χ4n) is 3.00. The van der Waals surface area contributed by atoms with Crippen molar-refractivity contribution < 1.29 is 4.74 Å². The lowest BCUT2D eigenvalue weighted by Crippen LogP contribution is -2.43. The Morgan fingerprint density at radius 2 is 1.79 bits per heavy atom. The first kappa shape index (κ1) is 14.2. The number of hydrogen-bond acceptors (Lipinski definition) is 1. The van der Waals surface area contributed by atoms with Crippen LogP contribution in [0, 0.1) is 0 Å². The standard InChI is InChI=1S/C18H26O/c1-3-4-5-6-10-13-18(14-16(2)19-18)15-17-11-8-7-9-12-17/h7-9,11-12H,2-6,10,13-15H2,1H3. The second kappa shape index (κ2) is 6.79. The number of hydrogen-bond donors (Lipinski definition) is 0. The highest BCUT2D eigenvalue weighted by molar-refractivity contribution is 5.20. The average Bonchev–Trinajstić information content (AvgIpc) is 2.38. The fourth-order valence-corrected chi connectivity index (χ4v) is 3.00. The highest BCUT2D eigenvalue weighted by Gasteiger charge is 2.41. The van der Waals surface area contributed by atoms with Crippen molar-refractivity contribution in [3.05, 3.63) is 48.2 Å². The summed E-state index contributed by atoms with van der Waals surface area (Å²) in [7, 11) is 0. The van der Waals surface area contributed by atoms with E-state index in [1.807, 2.05) is 0 Å². The second-order valence-electron chi connectivity index (χ2n) is 5.83. The smallest absolute Gasteiger partial charge is 0.120 e. The van der Waals surface area contributed by atoms with E-state index in [9.17, 15) is 0 Å². The molecule has 0 aromatic heterocycles. The van der Waals surface area contributed by atoms with Gasteiger partial charge in [-0.1, -0.05) is 69.5 Å². The Hall–Kier alpha value is -1.24. The van der Waals surface area contributed by atoms with Gasteiger partial charge in [0.25, 0.3) is 0 Å². The topological polar surface area (TPSA) is 9.23 Å². The largest absolute Gasteiger partial charge is 0.491 e. The van der Waals surface area contributed by atoms with E-state index in [1.54, 1.807) is 0 Å². The van der Waals surface area contributed by atoms with Gasteiger partial charge in [0, 0.05) is 12.8 Å². The normalized spacial score (nSPS) is 21.8. The van der Waals surface area contributed by atoms with Crippen LogP contribution in [0.1, 0.15) is 57.4 Å². The molecule has 0 saturated carbocycles. The van der Waals surface area contributed by atoms with E-state index in [0.29, 0.717) is 0 Å². The second-order valence-corrected chi connectivity index (χ2v) is 5.83. The van der Waals surface area contributed by atoms with Crippen LogP contribution < -0.4 is 0 Å². The molecule has 1 fully saturated rings. The van der Waals surface area contributed by atoms with Crippen LogP contribution in [0.5, 0.6) is 0 Å². The van der Waals surface area contributed by atoms with Crippen molar-refractivity contribution >= 4 is 0 Å². The van der Waals surface area contributed by atoms with Gasteiger partial charge in [-0.15, -0.1) is 0 Å². The third-order valence-corrected chi connectivity index (χ3v) is 3.99. The van der Waals surface area contributed by atoms with Gasteiger partial charge in [0.1, 0.15) is 5.60 Å². The molecule has 0 bridgehead atoms. The summed E-state index contributed by atoms with van der Waals surface area (Å²) in [4.78, 5) is 0. The van der Waals surface area contributed by atoms with Gasteiger partial charge in [-0.25, -0.2) is 0 Å². The van der Waals surface area contributed by atoms with E-state index in [4.69, 9.17) is 4.74 Å². The average molecular weight is 258 g/mol. The summed E-state index contributed by atoms with van der Waals surface area (Å²) >= 11 is 0. The molecule has 1 aliphatic rings. The van der Waals surface area contributed by atoms with Crippen molar-refractivity contribution in [1.82, 2.24) is 0 Å². The zero-order chi connectivity index (χ0) is 13.6. The van der Waals surface area contributed by atoms with Gasteiger partial charge in [0.2, 0.25) is 0 Å². The maximum atomic E-state index is 5.94. The summed E-state index contributed by atoms with van der Waals surface area (Å²) in [6, 6.07) is 10.7. The highest BCUT2D eigenvalue weighted by atomic mass is 16.5. The van der Waals surface area contributed by atoms with Crippen LogP contribution in [0.4, 0.5) is 0 Å². The van der Waals surface area contributed by atoms with E-state index in [2.05, 4.69) is 43.8 Å². The van der Waals surface area contributed by atoms with E-state index >= 15 is 0 Å². The molecule has 1 aromatic rings. The third-order valence-electron chi connectivity index (χ3n) is 3.99. The van der Waals surface area contributed by atoms with Crippen molar-refractivity contribution in [2.24, 2.45) is 0 Å². The summed E-state index contributed by atoms with van der Waals surface area (Å²) < 4.78 is 5.94. The molecule has 2 rings (SSSR count). The Labute approximate surface area is 117 Å². The third kappa shape index (κ3) is 4.12. The molecule has 1 saturated heterocycles. The number of benzene rings is 1. The first-order valence-electron chi connectivity index (χ1n) is 7.65. The van der Waals surface area contributed by atoms with Gasteiger partial charge in [-0.2, -0.15) is 0 Å². The minimum atomic E-state index is 0.0463. The molecule has 1 atom stereocenters. The molecule has 0 aliphatic carbocycles. The molecular weight excluding hydrogens is 232 g/mol. The molecule has 1 nitrogen and oxygen atoms in total. The van der Waals surface area contributed by atoms with Gasteiger partial charge in [0.15, 0.2) is 0 Å². The molecule has 1 heterocycles. The SMILES string of the molecule is C=C1CC(CCCCCCC)(Cc2ccccc2)O1. The summed E-state index contributed by atoms with van der Waals surface area (Å²) in [5, 5.41) is 0. The molecule has 1 unspecified atom stereocenters. The number of ether oxygens (including phenoxy) is 1. The molecule has 0 spiro atoms. The predicted molar refractivity (Wildman–Crippen MR) is 81.1 cm³/mol. The molecule has 1 aromatic carbocycles. The van der Waals surface area contributed by atoms with E-state index in [-0.39, 0.29) is 5.60 Å². The van der Waals surface area contributed by atoms with Gasteiger partial charge in [0.05, 0.1) is 5.76 Å². The monoisotopic (exact) mass is 258 g/mol. The lowest BCUT2D eigenvalue weighted by molar-refractivity contribution is -0.0925.